The maximum Gasteiger partial charge on any atom is 0.409 e. The van der Waals surface area contributed by atoms with Gasteiger partial charge in [0.05, 0.1) is 6.61 Å². The highest BCUT2D eigenvalue weighted by atomic mass is 16.6. The molecule has 0 unspecified atom stereocenters. The molecule has 1 amide bonds. The molecule has 0 aromatic heterocycles. The minimum absolute atomic E-state index is 0.0589. The van der Waals surface area contributed by atoms with Gasteiger partial charge < -0.3 is 9.64 Å². The number of carbonyl (C=O) groups excluding carboxylic acids is 2. The zero-order chi connectivity index (χ0) is 14.2. The van der Waals surface area contributed by atoms with E-state index in [9.17, 15) is 9.59 Å². The van der Waals surface area contributed by atoms with E-state index in [0.29, 0.717) is 26.1 Å². The molecule has 1 aliphatic carbocycles. The van der Waals surface area contributed by atoms with Crippen molar-refractivity contribution in [3.63, 3.8) is 0 Å². The Kier molecular flexibility index (Phi) is 3.24. The van der Waals surface area contributed by atoms with Crippen LogP contribution >= 0.6 is 0 Å². The van der Waals surface area contributed by atoms with Crippen LogP contribution in [0, 0.1) is 0 Å². The molecule has 0 atom stereocenters. The molecule has 1 fully saturated rings. The predicted molar refractivity (Wildman–Crippen MR) is 74.9 cm³/mol. The van der Waals surface area contributed by atoms with Gasteiger partial charge in [-0.25, -0.2) is 4.79 Å². The molecule has 2 aliphatic rings. The molecule has 1 saturated heterocycles. The van der Waals surface area contributed by atoms with Crippen LogP contribution in [0.3, 0.4) is 0 Å². The summed E-state index contributed by atoms with van der Waals surface area (Å²) in [5.41, 5.74) is 1.99. The fraction of sp³-hybridized carbons (Fsp3) is 0.500. The summed E-state index contributed by atoms with van der Waals surface area (Å²) in [5, 5.41) is 0. The lowest BCUT2D eigenvalue weighted by atomic mass is 9.74. The van der Waals surface area contributed by atoms with Crippen LogP contribution in [0.5, 0.6) is 0 Å². The molecule has 1 aliphatic heterocycles. The molecule has 1 heterocycles. The average Bonchev–Trinajstić information content (AvgIpc) is 2.74. The molecule has 1 aromatic rings. The summed E-state index contributed by atoms with van der Waals surface area (Å²) >= 11 is 0. The number of hydrogen-bond acceptors (Lipinski definition) is 3. The second kappa shape index (κ2) is 4.93. The fourth-order valence-corrected chi connectivity index (χ4v) is 3.46. The molecule has 20 heavy (non-hydrogen) atoms. The van der Waals surface area contributed by atoms with E-state index in [1.54, 1.807) is 4.90 Å². The first-order valence-electron chi connectivity index (χ1n) is 7.21. The standard InChI is InChI=1S/C16H19NO3/c1-2-20-15(19)17-9-7-16(8-10-17)11-14(18)12-5-3-4-6-13(12)16/h3-6H,2,7-11H2,1H3. The number of carbonyl (C=O) groups is 2. The number of likely N-dealkylation sites (tertiary alicyclic amines) is 1. The zero-order valence-electron chi connectivity index (χ0n) is 11.7. The van der Waals surface area contributed by atoms with Crippen LogP contribution < -0.4 is 0 Å². The molecule has 4 nitrogen and oxygen atoms in total. The molecule has 3 rings (SSSR count). The average molecular weight is 273 g/mol. The van der Waals surface area contributed by atoms with Crippen molar-refractivity contribution in [2.75, 3.05) is 19.7 Å². The minimum atomic E-state index is -0.236. The van der Waals surface area contributed by atoms with Crippen LogP contribution in [0.25, 0.3) is 0 Å². The number of Topliss-reactive ketones (excluding diaryl/α,β-unsaturated/α-hetero) is 1. The third-order valence-corrected chi connectivity index (χ3v) is 4.54. The highest BCUT2D eigenvalue weighted by Crippen LogP contribution is 2.46. The lowest BCUT2D eigenvalue weighted by Gasteiger charge is -2.39. The normalized spacial score (nSPS) is 20.1. The lowest BCUT2D eigenvalue weighted by Crippen LogP contribution is -2.44. The van der Waals surface area contributed by atoms with Gasteiger partial charge >= 0.3 is 6.09 Å². The number of ether oxygens (including phenoxy) is 1. The minimum Gasteiger partial charge on any atom is -0.450 e. The summed E-state index contributed by atoms with van der Waals surface area (Å²) in [4.78, 5) is 25.6. The number of nitrogens with zero attached hydrogens (tertiary/aromatic N) is 1. The summed E-state index contributed by atoms with van der Waals surface area (Å²) < 4.78 is 5.04. The summed E-state index contributed by atoms with van der Waals surface area (Å²) in [6, 6.07) is 7.91. The van der Waals surface area contributed by atoms with Gasteiger partial charge in [-0.05, 0) is 25.3 Å². The number of piperidine rings is 1. The summed E-state index contributed by atoms with van der Waals surface area (Å²) in [7, 11) is 0. The monoisotopic (exact) mass is 273 g/mol. The number of rotatable bonds is 1. The van der Waals surface area contributed by atoms with Gasteiger partial charge in [-0.2, -0.15) is 0 Å². The highest BCUT2D eigenvalue weighted by Gasteiger charge is 2.45. The van der Waals surface area contributed by atoms with E-state index in [4.69, 9.17) is 4.74 Å². The molecule has 106 valence electrons. The van der Waals surface area contributed by atoms with Gasteiger partial charge in [0.15, 0.2) is 5.78 Å². The molecular formula is C16H19NO3. The highest BCUT2D eigenvalue weighted by molar-refractivity contribution is 6.02. The first-order valence-corrected chi connectivity index (χ1v) is 7.21. The Bertz CT molecular complexity index is 544. The van der Waals surface area contributed by atoms with Crippen LogP contribution in [-0.4, -0.2) is 36.5 Å². The van der Waals surface area contributed by atoms with Crippen LogP contribution in [0.4, 0.5) is 4.79 Å². The number of ketones is 1. The number of amides is 1. The van der Waals surface area contributed by atoms with Crippen molar-refractivity contribution < 1.29 is 14.3 Å². The van der Waals surface area contributed by atoms with E-state index in [1.807, 2.05) is 25.1 Å². The quantitative estimate of drug-likeness (QED) is 0.790. The van der Waals surface area contributed by atoms with Gasteiger partial charge in [-0.3, -0.25) is 4.79 Å². The Morgan fingerprint density at radius 2 is 2.00 bits per heavy atom. The second-order valence-electron chi connectivity index (χ2n) is 5.61. The fourth-order valence-electron chi connectivity index (χ4n) is 3.46. The first-order chi connectivity index (χ1) is 9.66. The van der Waals surface area contributed by atoms with Crippen molar-refractivity contribution in [2.24, 2.45) is 0 Å². The maximum atomic E-state index is 12.2. The molecule has 0 bridgehead atoms. The Labute approximate surface area is 118 Å². The molecule has 4 heteroatoms. The first kappa shape index (κ1) is 13.2. The van der Waals surface area contributed by atoms with Crippen molar-refractivity contribution in [3.05, 3.63) is 35.4 Å². The predicted octanol–water partition coefficient (Wildman–Crippen LogP) is 2.76. The maximum absolute atomic E-state index is 12.2. The van der Waals surface area contributed by atoms with Gasteiger partial charge in [0.2, 0.25) is 0 Å². The van der Waals surface area contributed by atoms with Crippen molar-refractivity contribution >= 4 is 11.9 Å². The molecule has 0 N–H and O–H groups in total. The smallest absolute Gasteiger partial charge is 0.409 e. The lowest BCUT2D eigenvalue weighted by molar-refractivity contribution is 0.0820. The van der Waals surface area contributed by atoms with Gasteiger partial charge in [0.1, 0.15) is 0 Å². The SMILES string of the molecule is CCOC(=O)N1CCC2(CC1)CC(=O)c1ccccc12. The zero-order valence-corrected chi connectivity index (χ0v) is 11.7. The van der Waals surface area contributed by atoms with Crippen molar-refractivity contribution in [2.45, 2.75) is 31.6 Å². The van der Waals surface area contributed by atoms with Crippen LogP contribution in [0.2, 0.25) is 0 Å². The Morgan fingerprint density at radius 1 is 1.30 bits per heavy atom. The Morgan fingerprint density at radius 3 is 2.70 bits per heavy atom. The number of hydrogen-bond donors (Lipinski definition) is 0. The van der Waals surface area contributed by atoms with Crippen LogP contribution in [-0.2, 0) is 10.2 Å². The second-order valence-corrected chi connectivity index (χ2v) is 5.61. The van der Waals surface area contributed by atoms with E-state index in [0.717, 1.165) is 18.4 Å². The summed E-state index contributed by atoms with van der Waals surface area (Å²) in [5.74, 6) is 0.241. The number of benzene rings is 1. The number of fused-ring (bicyclic) bond motifs is 2. The van der Waals surface area contributed by atoms with E-state index >= 15 is 0 Å². The van der Waals surface area contributed by atoms with Crippen molar-refractivity contribution in [3.8, 4) is 0 Å². The molecular weight excluding hydrogens is 254 g/mol. The van der Waals surface area contributed by atoms with E-state index in [-0.39, 0.29) is 17.3 Å². The van der Waals surface area contributed by atoms with Crippen LogP contribution in [0.15, 0.2) is 24.3 Å². The molecule has 0 saturated carbocycles. The summed E-state index contributed by atoms with van der Waals surface area (Å²) in [6.45, 7) is 3.55. The third-order valence-electron chi connectivity index (χ3n) is 4.54. The van der Waals surface area contributed by atoms with Crippen molar-refractivity contribution in [1.82, 2.24) is 4.90 Å². The third kappa shape index (κ3) is 1.99. The van der Waals surface area contributed by atoms with Gasteiger partial charge in [-0.1, -0.05) is 24.3 Å². The van der Waals surface area contributed by atoms with Crippen LogP contribution in [0.1, 0.15) is 42.1 Å². The summed E-state index contributed by atoms with van der Waals surface area (Å²) in [6.07, 6.45) is 2.03. The van der Waals surface area contributed by atoms with Gasteiger partial charge in [-0.15, -0.1) is 0 Å². The topological polar surface area (TPSA) is 46.6 Å². The van der Waals surface area contributed by atoms with E-state index < -0.39 is 0 Å². The Hall–Kier alpha value is -1.84. The molecule has 1 spiro atoms. The largest absolute Gasteiger partial charge is 0.450 e. The molecule has 0 radical (unpaired) electrons. The van der Waals surface area contributed by atoms with Crippen molar-refractivity contribution in [1.29, 1.82) is 0 Å². The van der Waals surface area contributed by atoms with Gasteiger partial charge in [0.25, 0.3) is 0 Å². The van der Waals surface area contributed by atoms with Gasteiger partial charge in [0, 0.05) is 30.5 Å². The molecule has 1 aromatic carbocycles. The van der Waals surface area contributed by atoms with E-state index in [1.165, 1.54) is 5.56 Å². The van der Waals surface area contributed by atoms with E-state index in [2.05, 4.69) is 6.07 Å². The Balaban J connectivity index is 1.78.